The first-order valence-electron chi connectivity index (χ1n) is 8.96. The Morgan fingerprint density at radius 1 is 1.08 bits per heavy atom. The zero-order chi connectivity index (χ0) is 16.8. The van der Waals surface area contributed by atoms with E-state index >= 15 is 0 Å². The summed E-state index contributed by atoms with van der Waals surface area (Å²) in [5, 5.41) is 9.55. The lowest BCUT2D eigenvalue weighted by atomic mass is 9.90. The molecule has 1 aromatic heterocycles. The van der Waals surface area contributed by atoms with Crippen molar-refractivity contribution in [1.29, 1.82) is 0 Å². The first-order chi connectivity index (χ1) is 11.7. The van der Waals surface area contributed by atoms with E-state index in [1.165, 1.54) is 48.7 Å². The quantitative estimate of drug-likeness (QED) is 0.768. The number of aromatic hydroxyl groups is 1. The molecule has 24 heavy (non-hydrogen) atoms. The molecule has 0 aliphatic carbocycles. The van der Waals surface area contributed by atoms with Crippen molar-refractivity contribution in [3.8, 4) is 5.88 Å². The fraction of sp³-hybridized carbons (Fsp3) is 0.526. The van der Waals surface area contributed by atoms with Gasteiger partial charge in [0.25, 0.3) is 0 Å². The molecule has 0 amide bonds. The second-order valence-electron chi connectivity index (χ2n) is 6.79. The maximum absolute atomic E-state index is 11.5. The molecule has 0 bridgehead atoms. The van der Waals surface area contributed by atoms with Gasteiger partial charge in [-0.25, -0.2) is 4.79 Å². The Morgan fingerprint density at radius 2 is 1.79 bits per heavy atom. The number of imidazole rings is 1. The van der Waals surface area contributed by atoms with E-state index in [0.717, 1.165) is 25.3 Å². The Kier molecular flexibility index (Phi) is 5.75. The van der Waals surface area contributed by atoms with Crippen LogP contribution in [-0.4, -0.2) is 39.2 Å². The molecule has 0 atom stereocenters. The number of aromatic amines is 1. The van der Waals surface area contributed by atoms with Crippen LogP contribution in [0, 0.1) is 5.92 Å². The summed E-state index contributed by atoms with van der Waals surface area (Å²) in [6.45, 7) is 4.01. The normalized spacial score (nSPS) is 16.5. The van der Waals surface area contributed by atoms with Gasteiger partial charge in [-0.2, -0.15) is 0 Å². The summed E-state index contributed by atoms with van der Waals surface area (Å²) in [4.78, 5) is 16.5. The third kappa shape index (κ3) is 4.51. The molecule has 3 rings (SSSR count). The van der Waals surface area contributed by atoms with Crippen LogP contribution >= 0.6 is 0 Å². The number of nitrogens with zero attached hydrogens (tertiary/aromatic N) is 2. The molecule has 1 fully saturated rings. The van der Waals surface area contributed by atoms with Crippen molar-refractivity contribution in [2.45, 2.75) is 38.6 Å². The molecule has 1 saturated heterocycles. The summed E-state index contributed by atoms with van der Waals surface area (Å²) < 4.78 is 1.39. The highest BCUT2D eigenvalue weighted by atomic mass is 16.3. The molecule has 5 nitrogen and oxygen atoms in total. The van der Waals surface area contributed by atoms with Crippen LogP contribution in [0.5, 0.6) is 5.88 Å². The Balaban J connectivity index is 1.33. The highest BCUT2D eigenvalue weighted by Crippen LogP contribution is 2.21. The lowest BCUT2D eigenvalue weighted by Crippen LogP contribution is -2.35. The van der Waals surface area contributed by atoms with Gasteiger partial charge in [0.05, 0.1) is 6.20 Å². The summed E-state index contributed by atoms with van der Waals surface area (Å²) in [5.41, 5.74) is 1.22. The van der Waals surface area contributed by atoms with E-state index in [1.807, 2.05) is 0 Å². The van der Waals surface area contributed by atoms with E-state index in [0.29, 0.717) is 6.54 Å². The lowest BCUT2D eigenvalue weighted by molar-refractivity contribution is 0.180. The molecular formula is C19H27N3O2. The average molecular weight is 329 g/mol. The van der Waals surface area contributed by atoms with Crippen LogP contribution in [-0.2, 0) is 13.0 Å². The maximum atomic E-state index is 11.5. The number of unbranched alkanes of at least 4 members (excludes halogenated alkanes) is 1. The number of hydrogen-bond acceptors (Lipinski definition) is 3. The van der Waals surface area contributed by atoms with Gasteiger partial charge >= 0.3 is 5.69 Å². The molecule has 1 aromatic carbocycles. The van der Waals surface area contributed by atoms with Gasteiger partial charge in [0.15, 0.2) is 0 Å². The number of aromatic nitrogens is 2. The van der Waals surface area contributed by atoms with E-state index in [9.17, 15) is 9.90 Å². The van der Waals surface area contributed by atoms with E-state index in [4.69, 9.17) is 0 Å². The van der Waals surface area contributed by atoms with Gasteiger partial charge in [0, 0.05) is 6.54 Å². The number of hydrogen-bond donors (Lipinski definition) is 2. The molecule has 2 aromatic rings. The van der Waals surface area contributed by atoms with Crippen LogP contribution in [0.2, 0.25) is 0 Å². The van der Waals surface area contributed by atoms with Gasteiger partial charge in [-0.3, -0.25) is 4.57 Å². The average Bonchev–Trinajstić information content (AvgIpc) is 2.93. The van der Waals surface area contributed by atoms with Crippen LogP contribution in [0.3, 0.4) is 0 Å². The summed E-state index contributed by atoms with van der Waals surface area (Å²) in [5.74, 6) is 0.834. The summed E-state index contributed by atoms with van der Waals surface area (Å²) >= 11 is 0. The van der Waals surface area contributed by atoms with E-state index < -0.39 is 0 Å². The topological polar surface area (TPSA) is 61.3 Å². The highest BCUT2D eigenvalue weighted by Gasteiger charge is 2.19. The van der Waals surface area contributed by atoms with Crippen molar-refractivity contribution >= 4 is 0 Å². The summed E-state index contributed by atoms with van der Waals surface area (Å²) in [7, 11) is 0. The Morgan fingerprint density at radius 3 is 2.46 bits per heavy atom. The zero-order valence-corrected chi connectivity index (χ0v) is 14.2. The standard InChI is InChI=1S/C19H27N3O2/c23-18-15-20-19(24)22(18)11-5-4-10-21-12-8-17(9-13-21)14-16-6-2-1-3-7-16/h1-3,6-7,15,17,23H,4-5,8-14H2,(H,20,24). The molecule has 0 radical (unpaired) electrons. The zero-order valence-electron chi connectivity index (χ0n) is 14.2. The minimum absolute atomic E-state index is 0.0294. The summed E-state index contributed by atoms with van der Waals surface area (Å²) in [6, 6.07) is 10.8. The van der Waals surface area contributed by atoms with Gasteiger partial charge in [-0.05, 0) is 63.2 Å². The maximum Gasteiger partial charge on any atom is 0.328 e. The number of piperidine rings is 1. The van der Waals surface area contributed by atoms with Crippen molar-refractivity contribution in [3.05, 3.63) is 52.6 Å². The number of H-pyrrole nitrogens is 1. The third-order valence-electron chi connectivity index (χ3n) is 5.03. The van der Waals surface area contributed by atoms with Crippen molar-refractivity contribution in [1.82, 2.24) is 14.5 Å². The minimum atomic E-state index is -0.228. The molecule has 2 N–H and O–H groups in total. The predicted octanol–water partition coefficient (Wildman–Crippen LogP) is 2.62. The molecule has 0 spiro atoms. The van der Waals surface area contributed by atoms with Gasteiger partial charge in [0.2, 0.25) is 5.88 Å². The molecule has 0 unspecified atom stereocenters. The fourth-order valence-electron chi connectivity index (χ4n) is 3.57. The van der Waals surface area contributed by atoms with Crippen molar-refractivity contribution in [3.63, 3.8) is 0 Å². The number of rotatable bonds is 7. The van der Waals surface area contributed by atoms with Crippen LogP contribution in [0.15, 0.2) is 41.3 Å². The number of benzene rings is 1. The van der Waals surface area contributed by atoms with Crippen LogP contribution in [0.4, 0.5) is 0 Å². The predicted molar refractivity (Wildman–Crippen MR) is 95.3 cm³/mol. The highest BCUT2D eigenvalue weighted by molar-refractivity contribution is 5.15. The van der Waals surface area contributed by atoms with E-state index in [2.05, 4.69) is 40.2 Å². The first-order valence-corrected chi connectivity index (χ1v) is 8.96. The molecule has 5 heteroatoms. The van der Waals surface area contributed by atoms with Crippen molar-refractivity contribution in [2.24, 2.45) is 5.92 Å². The van der Waals surface area contributed by atoms with Crippen molar-refractivity contribution < 1.29 is 5.11 Å². The Bertz CT molecular complexity index is 669. The Hall–Kier alpha value is -2.01. The van der Waals surface area contributed by atoms with Crippen LogP contribution in [0.25, 0.3) is 0 Å². The molecule has 1 aliphatic rings. The van der Waals surface area contributed by atoms with Gasteiger partial charge in [-0.1, -0.05) is 30.3 Å². The second-order valence-corrected chi connectivity index (χ2v) is 6.79. The molecule has 2 heterocycles. The number of likely N-dealkylation sites (tertiary alicyclic amines) is 1. The number of nitrogens with one attached hydrogen (secondary N) is 1. The molecular weight excluding hydrogens is 302 g/mol. The molecule has 130 valence electrons. The lowest BCUT2D eigenvalue weighted by Gasteiger charge is -2.32. The second kappa shape index (κ2) is 8.20. The van der Waals surface area contributed by atoms with Crippen LogP contribution in [0.1, 0.15) is 31.2 Å². The fourth-order valence-corrected chi connectivity index (χ4v) is 3.57. The van der Waals surface area contributed by atoms with Gasteiger partial charge in [0.1, 0.15) is 0 Å². The molecule has 0 saturated carbocycles. The SMILES string of the molecule is O=c1[nH]cc(O)n1CCCCN1CCC(Cc2ccccc2)CC1. The first kappa shape index (κ1) is 16.8. The minimum Gasteiger partial charge on any atom is -0.493 e. The van der Waals surface area contributed by atoms with E-state index in [-0.39, 0.29) is 11.6 Å². The summed E-state index contributed by atoms with van der Waals surface area (Å²) in [6.07, 6.45) is 7.06. The largest absolute Gasteiger partial charge is 0.493 e. The Labute approximate surface area is 142 Å². The smallest absolute Gasteiger partial charge is 0.328 e. The van der Waals surface area contributed by atoms with Crippen LogP contribution < -0.4 is 5.69 Å². The third-order valence-corrected chi connectivity index (χ3v) is 5.03. The van der Waals surface area contributed by atoms with Gasteiger partial charge in [-0.15, -0.1) is 0 Å². The monoisotopic (exact) mass is 329 g/mol. The van der Waals surface area contributed by atoms with Gasteiger partial charge < -0.3 is 15.0 Å². The van der Waals surface area contributed by atoms with Crippen molar-refractivity contribution in [2.75, 3.05) is 19.6 Å². The molecule has 1 aliphatic heterocycles. The van der Waals surface area contributed by atoms with E-state index in [1.54, 1.807) is 0 Å².